The van der Waals surface area contributed by atoms with E-state index in [0.717, 1.165) is 24.1 Å². The highest BCUT2D eigenvalue weighted by molar-refractivity contribution is 5.37. The third-order valence-electron chi connectivity index (χ3n) is 4.76. The van der Waals surface area contributed by atoms with Gasteiger partial charge in [0.25, 0.3) is 0 Å². The molecule has 2 N–H and O–H groups in total. The summed E-state index contributed by atoms with van der Waals surface area (Å²) in [5, 5.41) is 0. The van der Waals surface area contributed by atoms with Crippen LogP contribution in [0.2, 0.25) is 0 Å². The molecule has 1 aromatic rings. The Balaban J connectivity index is 2.17. The first-order valence-electron chi connectivity index (χ1n) is 7.50. The minimum Gasteiger partial charge on any atom is -0.497 e. The number of aryl methyl sites for hydroxylation is 1. The Kier molecular flexibility index (Phi) is 4.87. The van der Waals surface area contributed by atoms with E-state index in [1.54, 1.807) is 7.11 Å². The number of benzene rings is 1. The molecule has 1 unspecified atom stereocenters. The van der Waals surface area contributed by atoms with Crippen LogP contribution < -0.4 is 10.5 Å². The zero-order chi connectivity index (χ0) is 13.8. The van der Waals surface area contributed by atoms with E-state index in [1.807, 2.05) is 0 Å². The van der Waals surface area contributed by atoms with Gasteiger partial charge in [-0.05, 0) is 67.3 Å². The average Bonchev–Trinajstić information content (AvgIpc) is 2.43. The van der Waals surface area contributed by atoms with Crippen molar-refractivity contribution in [3.05, 3.63) is 29.3 Å². The quantitative estimate of drug-likeness (QED) is 0.893. The van der Waals surface area contributed by atoms with Crippen LogP contribution in [0.15, 0.2) is 18.2 Å². The minimum atomic E-state index is 0.512. The lowest BCUT2D eigenvalue weighted by Crippen LogP contribution is -2.26. The number of methoxy groups -OCH3 is 1. The topological polar surface area (TPSA) is 35.2 Å². The molecule has 106 valence electrons. The number of rotatable bonds is 4. The largest absolute Gasteiger partial charge is 0.497 e. The molecular weight excluding hydrogens is 234 g/mol. The van der Waals surface area contributed by atoms with Gasteiger partial charge in [-0.2, -0.15) is 0 Å². The van der Waals surface area contributed by atoms with Gasteiger partial charge in [-0.1, -0.05) is 25.8 Å². The zero-order valence-electron chi connectivity index (χ0n) is 12.5. The fraction of sp³-hybridized carbons (Fsp3) is 0.647. The van der Waals surface area contributed by atoms with Crippen LogP contribution in [0, 0.1) is 18.8 Å². The van der Waals surface area contributed by atoms with Crippen molar-refractivity contribution in [3.63, 3.8) is 0 Å². The fourth-order valence-electron chi connectivity index (χ4n) is 3.45. The Morgan fingerprint density at radius 3 is 2.47 bits per heavy atom. The average molecular weight is 261 g/mol. The molecule has 1 atom stereocenters. The van der Waals surface area contributed by atoms with Gasteiger partial charge in [-0.25, -0.2) is 0 Å². The molecule has 0 aliphatic heterocycles. The second-order valence-corrected chi connectivity index (χ2v) is 6.08. The van der Waals surface area contributed by atoms with Gasteiger partial charge in [0.2, 0.25) is 0 Å². The van der Waals surface area contributed by atoms with Crippen molar-refractivity contribution in [2.24, 2.45) is 17.6 Å². The molecule has 2 rings (SSSR count). The highest BCUT2D eigenvalue weighted by Crippen LogP contribution is 2.39. The van der Waals surface area contributed by atoms with E-state index in [4.69, 9.17) is 10.5 Å². The molecule has 2 nitrogen and oxygen atoms in total. The number of ether oxygens (including phenoxy) is 1. The van der Waals surface area contributed by atoms with Crippen LogP contribution in [-0.4, -0.2) is 13.7 Å². The maximum atomic E-state index is 6.08. The Bertz CT molecular complexity index is 408. The van der Waals surface area contributed by atoms with Crippen LogP contribution in [0.4, 0.5) is 0 Å². The maximum absolute atomic E-state index is 6.08. The summed E-state index contributed by atoms with van der Waals surface area (Å²) in [6.45, 7) is 5.30. The maximum Gasteiger partial charge on any atom is 0.119 e. The Hall–Kier alpha value is -1.02. The standard InChI is InChI=1S/C17H27NO/c1-12-4-6-14(7-5-12)17(11-18)16-9-8-15(19-3)10-13(16)2/h8-10,12,14,17H,4-7,11,18H2,1-3H3. The predicted octanol–water partition coefficient (Wildman–Crippen LogP) is 3.87. The summed E-state index contributed by atoms with van der Waals surface area (Å²) in [4.78, 5) is 0. The van der Waals surface area contributed by atoms with Crippen molar-refractivity contribution in [1.82, 2.24) is 0 Å². The molecule has 1 aliphatic rings. The zero-order valence-corrected chi connectivity index (χ0v) is 12.5. The van der Waals surface area contributed by atoms with Crippen LogP contribution in [0.5, 0.6) is 5.75 Å². The summed E-state index contributed by atoms with van der Waals surface area (Å²) in [5.74, 6) is 3.10. The van der Waals surface area contributed by atoms with Gasteiger partial charge < -0.3 is 10.5 Å². The van der Waals surface area contributed by atoms with E-state index in [-0.39, 0.29) is 0 Å². The molecule has 0 aromatic heterocycles. The van der Waals surface area contributed by atoms with E-state index in [1.165, 1.54) is 36.8 Å². The highest BCUT2D eigenvalue weighted by Gasteiger charge is 2.27. The summed E-state index contributed by atoms with van der Waals surface area (Å²) >= 11 is 0. The molecule has 0 bridgehead atoms. The lowest BCUT2D eigenvalue weighted by atomic mass is 9.73. The van der Waals surface area contributed by atoms with Crippen LogP contribution in [0.1, 0.15) is 49.7 Å². The fourth-order valence-corrected chi connectivity index (χ4v) is 3.45. The van der Waals surface area contributed by atoms with Gasteiger partial charge in [-0.3, -0.25) is 0 Å². The molecule has 0 amide bonds. The first-order valence-corrected chi connectivity index (χ1v) is 7.50. The molecule has 0 heterocycles. The molecule has 2 heteroatoms. The second kappa shape index (κ2) is 6.42. The summed E-state index contributed by atoms with van der Waals surface area (Å²) in [6.07, 6.45) is 5.37. The molecule has 1 saturated carbocycles. The summed E-state index contributed by atoms with van der Waals surface area (Å²) in [6, 6.07) is 6.41. The molecule has 0 radical (unpaired) electrons. The monoisotopic (exact) mass is 261 g/mol. The van der Waals surface area contributed by atoms with Gasteiger partial charge in [-0.15, -0.1) is 0 Å². The third kappa shape index (κ3) is 3.30. The van der Waals surface area contributed by atoms with E-state index in [9.17, 15) is 0 Å². The van der Waals surface area contributed by atoms with Gasteiger partial charge >= 0.3 is 0 Å². The molecule has 19 heavy (non-hydrogen) atoms. The normalized spacial score (nSPS) is 25.1. The smallest absolute Gasteiger partial charge is 0.119 e. The Labute approximate surface area is 117 Å². The van der Waals surface area contributed by atoms with Crippen molar-refractivity contribution in [2.45, 2.75) is 45.4 Å². The van der Waals surface area contributed by atoms with E-state index >= 15 is 0 Å². The van der Waals surface area contributed by atoms with Gasteiger partial charge in [0.1, 0.15) is 5.75 Å². The van der Waals surface area contributed by atoms with Gasteiger partial charge in [0.05, 0.1) is 7.11 Å². The number of hydrogen-bond donors (Lipinski definition) is 1. The second-order valence-electron chi connectivity index (χ2n) is 6.08. The van der Waals surface area contributed by atoms with Gasteiger partial charge in [0.15, 0.2) is 0 Å². The first kappa shape index (κ1) is 14.4. The van der Waals surface area contributed by atoms with Crippen molar-refractivity contribution < 1.29 is 4.74 Å². The minimum absolute atomic E-state index is 0.512. The number of nitrogens with two attached hydrogens (primary N) is 1. The summed E-state index contributed by atoms with van der Waals surface area (Å²) < 4.78 is 5.29. The summed E-state index contributed by atoms with van der Waals surface area (Å²) in [7, 11) is 1.72. The van der Waals surface area contributed by atoms with E-state index < -0.39 is 0 Å². The Morgan fingerprint density at radius 1 is 1.26 bits per heavy atom. The Morgan fingerprint density at radius 2 is 1.95 bits per heavy atom. The van der Waals surface area contributed by atoms with E-state index in [0.29, 0.717) is 5.92 Å². The van der Waals surface area contributed by atoms with Crippen molar-refractivity contribution in [1.29, 1.82) is 0 Å². The lowest BCUT2D eigenvalue weighted by molar-refractivity contribution is 0.255. The highest BCUT2D eigenvalue weighted by atomic mass is 16.5. The van der Waals surface area contributed by atoms with E-state index in [2.05, 4.69) is 32.0 Å². The molecule has 1 aromatic carbocycles. The van der Waals surface area contributed by atoms with Crippen LogP contribution in [-0.2, 0) is 0 Å². The van der Waals surface area contributed by atoms with Crippen LogP contribution >= 0.6 is 0 Å². The van der Waals surface area contributed by atoms with Gasteiger partial charge in [0, 0.05) is 0 Å². The third-order valence-corrected chi connectivity index (χ3v) is 4.76. The van der Waals surface area contributed by atoms with Crippen molar-refractivity contribution in [2.75, 3.05) is 13.7 Å². The van der Waals surface area contributed by atoms with Crippen molar-refractivity contribution in [3.8, 4) is 5.75 Å². The van der Waals surface area contributed by atoms with Crippen molar-refractivity contribution >= 4 is 0 Å². The van der Waals surface area contributed by atoms with Crippen LogP contribution in [0.3, 0.4) is 0 Å². The lowest BCUT2D eigenvalue weighted by Gasteiger charge is -2.33. The molecule has 0 spiro atoms. The number of hydrogen-bond acceptors (Lipinski definition) is 2. The molecule has 1 fully saturated rings. The van der Waals surface area contributed by atoms with Crippen LogP contribution in [0.25, 0.3) is 0 Å². The SMILES string of the molecule is COc1ccc(C(CN)C2CCC(C)CC2)c(C)c1. The predicted molar refractivity (Wildman–Crippen MR) is 80.6 cm³/mol. The first-order chi connectivity index (χ1) is 9.15. The molecule has 1 aliphatic carbocycles. The molecule has 0 saturated heterocycles. The molecular formula is C17H27NO. The summed E-state index contributed by atoms with van der Waals surface area (Å²) in [5.41, 5.74) is 8.81.